The molecule has 1 aromatic rings. The van der Waals surface area contributed by atoms with Crippen LogP contribution in [0.4, 0.5) is 4.39 Å². The van der Waals surface area contributed by atoms with E-state index in [1.165, 1.54) is 12.1 Å². The Morgan fingerprint density at radius 3 is 2.20 bits per heavy atom. The Morgan fingerprint density at radius 2 is 1.75 bits per heavy atom. The van der Waals surface area contributed by atoms with Crippen molar-refractivity contribution in [3.63, 3.8) is 0 Å². The number of benzene rings is 1. The lowest BCUT2D eigenvalue weighted by atomic mass is 9.75. The van der Waals surface area contributed by atoms with Gasteiger partial charge in [0.25, 0.3) is 0 Å². The fourth-order valence-electron chi connectivity index (χ4n) is 2.33. The van der Waals surface area contributed by atoms with Crippen LogP contribution in [0.15, 0.2) is 24.3 Å². The maximum atomic E-state index is 13.1. The molecule has 0 saturated carbocycles. The zero-order chi connectivity index (χ0) is 15.4. The highest BCUT2D eigenvalue weighted by Gasteiger charge is 2.32. The van der Waals surface area contributed by atoms with Crippen molar-refractivity contribution in [3.8, 4) is 0 Å². The molecule has 0 saturated heterocycles. The van der Waals surface area contributed by atoms with Crippen LogP contribution < -0.4 is 11.3 Å². The highest BCUT2D eigenvalue weighted by molar-refractivity contribution is 5.26. The summed E-state index contributed by atoms with van der Waals surface area (Å²) in [5.41, 5.74) is 3.61. The van der Waals surface area contributed by atoms with Crippen LogP contribution in [-0.2, 0) is 10.2 Å². The summed E-state index contributed by atoms with van der Waals surface area (Å²) in [5.74, 6) is 5.51. The first-order valence-electron chi connectivity index (χ1n) is 7.00. The zero-order valence-electron chi connectivity index (χ0n) is 13.2. The van der Waals surface area contributed by atoms with E-state index in [1.54, 1.807) is 7.11 Å². The number of rotatable bonds is 7. The fraction of sp³-hybridized carbons (Fsp3) is 0.625. The molecule has 1 unspecified atom stereocenters. The maximum Gasteiger partial charge on any atom is 0.123 e. The van der Waals surface area contributed by atoms with Crippen molar-refractivity contribution in [1.82, 2.24) is 5.43 Å². The smallest absolute Gasteiger partial charge is 0.123 e. The van der Waals surface area contributed by atoms with Gasteiger partial charge in [0.2, 0.25) is 0 Å². The first kappa shape index (κ1) is 17.1. The second kappa shape index (κ2) is 6.66. The molecule has 0 bridgehead atoms. The van der Waals surface area contributed by atoms with Gasteiger partial charge in [-0.3, -0.25) is 11.3 Å². The van der Waals surface area contributed by atoms with E-state index in [0.29, 0.717) is 0 Å². The molecule has 0 aliphatic rings. The van der Waals surface area contributed by atoms with Crippen molar-refractivity contribution < 1.29 is 9.13 Å². The molecule has 0 radical (unpaired) electrons. The molecule has 0 fully saturated rings. The molecule has 0 heterocycles. The third-order valence-corrected chi connectivity index (χ3v) is 4.25. The van der Waals surface area contributed by atoms with Gasteiger partial charge in [0.05, 0.1) is 5.60 Å². The Morgan fingerprint density at radius 1 is 1.20 bits per heavy atom. The molecule has 0 amide bonds. The van der Waals surface area contributed by atoms with E-state index in [1.807, 2.05) is 12.1 Å². The zero-order valence-corrected chi connectivity index (χ0v) is 13.2. The number of ether oxygens (including phenoxy) is 1. The fourth-order valence-corrected chi connectivity index (χ4v) is 2.33. The lowest BCUT2D eigenvalue weighted by molar-refractivity contribution is 0.00991. The van der Waals surface area contributed by atoms with Crippen LogP contribution in [0.5, 0.6) is 0 Å². The van der Waals surface area contributed by atoms with Crippen LogP contribution in [0.1, 0.15) is 46.1 Å². The van der Waals surface area contributed by atoms with Gasteiger partial charge >= 0.3 is 0 Å². The van der Waals surface area contributed by atoms with E-state index >= 15 is 0 Å². The van der Waals surface area contributed by atoms with Crippen LogP contribution in [0, 0.1) is 5.82 Å². The van der Waals surface area contributed by atoms with E-state index in [9.17, 15) is 4.39 Å². The lowest BCUT2D eigenvalue weighted by Gasteiger charge is -2.36. The number of methoxy groups -OCH3 is 1. The molecule has 114 valence electrons. The van der Waals surface area contributed by atoms with E-state index in [4.69, 9.17) is 10.6 Å². The van der Waals surface area contributed by atoms with Gasteiger partial charge in [-0.1, -0.05) is 26.0 Å². The van der Waals surface area contributed by atoms with Gasteiger partial charge < -0.3 is 4.74 Å². The van der Waals surface area contributed by atoms with Crippen molar-refractivity contribution in [2.45, 2.75) is 57.6 Å². The Labute approximate surface area is 121 Å². The molecule has 0 aliphatic heterocycles. The summed E-state index contributed by atoms with van der Waals surface area (Å²) in [5, 5.41) is 0. The summed E-state index contributed by atoms with van der Waals surface area (Å²) in [6.45, 7) is 8.35. The predicted molar refractivity (Wildman–Crippen MR) is 80.9 cm³/mol. The summed E-state index contributed by atoms with van der Waals surface area (Å²) in [7, 11) is 1.72. The highest BCUT2D eigenvalue weighted by Crippen LogP contribution is 2.31. The van der Waals surface area contributed by atoms with Crippen LogP contribution >= 0.6 is 0 Å². The lowest BCUT2D eigenvalue weighted by Crippen LogP contribution is -2.49. The predicted octanol–water partition coefficient (Wildman–Crippen LogP) is 3.14. The number of hydrogen-bond donors (Lipinski definition) is 2. The van der Waals surface area contributed by atoms with Gasteiger partial charge in [-0.2, -0.15) is 0 Å². The van der Waals surface area contributed by atoms with Crippen molar-refractivity contribution in [2.24, 2.45) is 5.84 Å². The second-order valence-electron chi connectivity index (χ2n) is 6.45. The molecule has 0 spiro atoms. The Hall–Kier alpha value is -0.970. The van der Waals surface area contributed by atoms with Gasteiger partial charge in [-0.25, -0.2) is 4.39 Å². The van der Waals surface area contributed by atoms with Crippen LogP contribution in [0.25, 0.3) is 0 Å². The van der Waals surface area contributed by atoms with Gasteiger partial charge in [0.1, 0.15) is 5.82 Å². The van der Waals surface area contributed by atoms with Crippen LogP contribution in [0.3, 0.4) is 0 Å². The maximum absolute atomic E-state index is 13.1. The average Bonchev–Trinajstić information content (AvgIpc) is 2.39. The molecular formula is C16H27FN2O. The molecule has 3 N–H and O–H groups in total. The quantitative estimate of drug-likeness (QED) is 0.596. The number of nitrogens with two attached hydrogens (primary N) is 1. The molecule has 1 atom stereocenters. The largest absolute Gasteiger partial charge is 0.379 e. The van der Waals surface area contributed by atoms with Crippen molar-refractivity contribution >= 4 is 0 Å². The summed E-state index contributed by atoms with van der Waals surface area (Å²) < 4.78 is 18.5. The summed E-state index contributed by atoms with van der Waals surface area (Å²) >= 11 is 0. The third-order valence-electron chi connectivity index (χ3n) is 4.25. The Balaban J connectivity index is 2.84. The third kappa shape index (κ3) is 4.27. The molecule has 1 rings (SSSR count). The second-order valence-corrected chi connectivity index (χ2v) is 6.45. The van der Waals surface area contributed by atoms with Crippen LogP contribution in [0.2, 0.25) is 0 Å². The van der Waals surface area contributed by atoms with Gasteiger partial charge in [0, 0.05) is 18.6 Å². The molecule has 3 nitrogen and oxygen atoms in total. The van der Waals surface area contributed by atoms with Gasteiger partial charge in [-0.05, 0) is 44.4 Å². The van der Waals surface area contributed by atoms with E-state index in [-0.39, 0.29) is 22.9 Å². The summed E-state index contributed by atoms with van der Waals surface area (Å²) in [6.07, 6.45) is 1.77. The number of hydrogen-bond acceptors (Lipinski definition) is 3. The first-order chi connectivity index (χ1) is 9.23. The summed E-state index contributed by atoms with van der Waals surface area (Å²) in [6, 6.07) is 6.71. The van der Waals surface area contributed by atoms with E-state index in [2.05, 4.69) is 33.1 Å². The first-order valence-corrected chi connectivity index (χ1v) is 7.00. The summed E-state index contributed by atoms with van der Waals surface area (Å²) in [4.78, 5) is 0. The highest BCUT2D eigenvalue weighted by atomic mass is 19.1. The molecule has 1 aromatic carbocycles. The van der Waals surface area contributed by atoms with Crippen molar-refractivity contribution in [3.05, 3.63) is 35.6 Å². The molecule has 20 heavy (non-hydrogen) atoms. The normalized spacial score (nSPS) is 14.3. The number of nitrogens with one attached hydrogen (secondary N) is 1. The standard InChI is InChI=1S/C16H27FN2O/c1-15(2,20-5)11-10-14(19-18)16(3,4)12-6-8-13(17)9-7-12/h6-9,14,19H,10-11,18H2,1-5H3. The van der Waals surface area contributed by atoms with Crippen molar-refractivity contribution in [2.75, 3.05) is 7.11 Å². The Kier molecular flexibility index (Phi) is 5.68. The molecule has 4 heteroatoms. The minimum absolute atomic E-state index is 0.0855. The van der Waals surface area contributed by atoms with Gasteiger partial charge in [-0.15, -0.1) is 0 Å². The monoisotopic (exact) mass is 282 g/mol. The van der Waals surface area contributed by atoms with E-state index in [0.717, 1.165) is 18.4 Å². The SMILES string of the molecule is COC(C)(C)CCC(NN)C(C)(C)c1ccc(F)cc1. The topological polar surface area (TPSA) is 47.3 Å². The number of halogens is 1. The van der Waals surface area contributed by atoms with Crippen molar-refractivity contribution in [1.29, 1.82) is 0 Å². The Bertz CT molecular complexity index is 415. The van der Waals surface area contributed by atoms with Crippen LogP contribution in [-0.4, -0.2) is 18.8 Å². The molecule has 0 aromatic heterocycles. The molecule has 0 aliphatic carbocycles. The molecular weight excluding hydrogens is 255 g/mol. The minimum atomic E-state index is -0.220. The number of hydrazine groups is 1. The van der Waals surface area contributed by atoms with E-state index < -0.39 is 0 Å². The minimum Gasteiger partial charge on any atom is -0.379 e. The van der Waals surface area contributed by atoms with Gasteiger partial charge in [0.15, 0.2) is 0 Å². The average molecular weight is 282 g/mol.